The van der Waals surface area contributed by atoms with Gasteiger partial charge in [0.25, 0.3) is 0 Å². The molecule has 0 bridgehead atoms. The Morgan fingerprint density at radius 2 is 1.96 bits per heavy atom. The summed E-state index contributed by atoms with van der Waals surface area (Å²) in [6.45, 7) is 0.273. The molecular formula is C16H16N6O2. The molecule has 0 radical (unpaired) electrons. The van der Waals surface area contributed by atoms with Crippen molar-refractivity contribution in [3.05, 3.63) is 58.3 Å². The summed E-state index contributed by atoms with van der Waals surface area (Å²) in [6, 6.07) is 7.91. The second kappa shape index (κ2) is 5.88. The highest BCUT2D eigenvalue weighted by atomic mass is 16.5. The minimum absolute atomic E-state index is 0.273. The van der Waals surface area contributed by atoms with E-state index in [1.807, 2.05) is 12.1 Å². The lowest BCUT2D eigenvalue weighted by Crippen LogP contribution is -2.23. The van der Waals surface area contributed by atoms with Gasteiger partial charge in [-0.3, -0.25) is 0 Å². The molecule has 1 aliphatic carbocycles. The lowest BCUT2D eigenvalue weighted by atomic mass is 10.0. The fraction of sp³-hybridized carbons (Fsp3) is 0.312. The summed E-state index contributed by atoms with van der Waals surface area (Å²) in [6.07, 6.45) is 5.55. The molecule has 3 aromatic rings. The number of rotatable bonds is 5. The summed E-state index contributed by atoms with van der Waals surface area (Å²) in [5.41, 5.74) is 2.50. The largest absolute Gasteiger partial charge is 0.458 e. The molecule has 1 aliphatic rings. The predicted octanol–water partition coefficient (Wildman–Crippen LogP) is 1.21. The van der Waals surface area contributed by atoms with Gasteiger partial charge in [0.15, 0.2) is 0 Å². The highest BCUT2D eigenvalue weighted by Crippen LogP contribution is 2.42. The number of aromatic nitrogens is 6. The molecule has 0 aliphatic heterocycles. The zero-order chi connectivity index (χ0) is 16.5. The Labute approximate surface area is 137 Å². The molecule has 2 aromatic heterocycles. The summed E-state index contributed by atoms with van der Waals surface area (Å²) in [4.78, 5) is 20.4. The van der Waals surface area contributed by atoms with Crippen LogP contribution < -0.4 is 10.4 Å². The average molecular weight is 324 g/mol. The second-order valence-corrected chi connectivity index (χ2v) is 5.74. The van der Waals surface area contributed by atoms with Crippen molar-refractivity contribution in [2.45, 2.75) is 25.4 Å². The van der Waals surface area contributed by atoms with Crippen LogP contribution in [0.2, 0.25) is 0 Å². The van der Waals surface area contributed by atoms with Gasteiger partial charge in [-0.05, 0) is 46.9 Å². The predicted molar refractivity (Wildman–Crippen MR) is 84.9 cm³/mol. The summed E-state index contributed by atoms with van der Waals surface area (Å²) < 4.78 is 8.23. The van der Waals surface area contributed by atoms with Crippen LogP contribution in [0, 0.1) is 0 Å². The second-order valence-electron chi connectivity index (χ2n) is 5.74. The van der Waals surface area contributed by atoms with Crippen LogP contribution in [0.5, 0.6) is 6.01 Å². The number of nitrogens with zero attached hydrogens (tertiary/aromatic N) is 6. The zero-order valence-corrected chi connectivity index (χ0v) is 13.2. The molecule has 1 saturated carbocycles. The smallest absolute Gasteiger partial charge is 0.368 e. The van der Waals surface area contributed by atoms with Crippen molar-refractivity contribution in [2.75, 3.05) is 0 Å². The molecule has 24 heavy (non-hydrogen) atoms. The Bertz CT molecular complexity index is 914. The molecule has 0 unspecified atom stereocenters. The van der Waals surface area contributed by atoms with Gasteiger partial charge in [-0.2, -0.15) is 9.36 Å². The van der Waals surface area contributed by atoms with Crippen molar-refractivity contribution in [3.63, 3.8) is 0 Å². The maximum Gasteiger partial charge on any atom is 0.368 e. The van der Waals surface area contributed by atoms with E-state index in [0.29, 0.717) is 17.6 Å². The van der Waals surface area contributed by atoms with Gasteiger partial charge in [0.2, 0.25) is 0 Å². The van der Waals surface area contributed by atoms with Gasteiger partial charge in [0.1, 0.15) is 6.61 Å². The van der Waals surface area contributed by atoms with E-state index in [4.69, 9.17) is 4.74 Å². The SMILES string of the molecule is Cn1nnn(-c2cccc(C3CC3)c2COc2ncccn2)c1=O. The van der Waals surface area contributed by atoms with E-state index in [-0.39, 0.29) is 12.3 Å². The van der Waals surface area contributed by atoms with Gasteiger partial charge >= 0.3 is 11.7 Å². The van der Waals surface area contributed by atoms with Crippen molar-refractivity contribution >= 4 is 0 Å². The van der Waals surface area contributed by atoms with Gasteiger partial charge in [0.05, 0.1) is 5.69 Å². The first-order chi connectivity index (χ1) is 11.7. The van der Waals surface area contributed by atoms with Crippen LogP contribution in [0.25, 0.3) is 5.69 Å². The Hall–Kier alpha value is -3.03. The van der Waals surface area contributed by atoms with Gasteiger partial charge in [-0.1, -0.05) is 12.1 Å². The third-order valence-electron chi connectivity index (χ3n) is 4.04. The maximum absolute atomic E-state index is 12.2. The molecule has 4 rings (SSSR count). The fourth-order valence-electron chi connectivity index (χ4n) is 2.69. The molecule has 0 spiro atoms. The molecule has 0 N–H and O–H groups in total. The highest BCUT2D eigenvalue weighted by molar-refractivity contribution is 5.47. The Morgan fingerprint density at radius 1 is 1.17 bits per heavy atom. The maximum atomic E-state index is 12.2. The van der Waals surface area contributed by atoms with Crippen molar-refractivity contribution in [1.82, 2.24) is 29.8 Å². The van der Waals surface area contributed by atoms with E-state index in [0.717, 1.165) is 18.4 Å². The number of tetrazole rings is 1. The summed E-state index contributed by atoms with van der Waals surface area (Å²) >= 11 is 0. The monoisotopic (exact) mass is 324 g/mol. The van der Waals surface area contributed by atoms with Crippen LogP contribution in [0.4, 0.5) is 0 Å². The number of hydrogen-bond donors (Lipinski definition) is 0. The minimum Gasteiger partial charge on any atom is -0.458 e. The van der Waals surface area contributed by atoms with Crippen LogP contribution in [-0.2, 0) is 13.7 Å². The van der Waals surface area contributed by atoms with Gasteiger partial charge < -0.3 is 4.74 Å². The first-order valence-corrected chi connectivity index (χ1v) is 7.75. The summed E-state index contributed by atoms with van der Waals surface area (Å²) in [5.74, 6) is 0.507. The normalized spacial score (nSPS) is 13.9. The summed E-state index contributed by atoms with van der Waals surface area (Å²) in [7, 11) is 1.57. The van der Waals surface area contributed by atoms with Gasteiger partial charge in [0, 0.05) is 25.0 Å². The van der Waals surface area contributed by atoms with Crippen molar-refractivity contribution < 1.29 is 4.74 Å². The fourth-order valence-corrected chi connectivity index (χ4v) is 2.69. The number of benzene rings is 1. The molecule has 8 nitrogen and oxygen atoms in total. The van der Waals surface area contributed by atoms with E-state index >= 15 is 0 Å². The third-order valence-corrected chi connectivity index (χ3v) is 4.04. The number of hydrogen-bond acceptors (Lipinski definition) is 6. The first kappa shape index (κ1) is 14.6. The quantitative estimate of drug-likeness (QED) is 0.701. The molecule has 0 amide bonds. The molecule has 122 valence electrons. The van der Waals surface area contributed by atoms with Gasteiger partial charge in [-0.25, -0.2) is 14.8 Å². The molecule has 8 heteroatoms. The Balaban J connectivity index is 1.75. The molecule has 0 saturated heterocycles. The van der Waals surface area contributed by atoms with Gasteiger partial charge in [-0.15, -0.1) is 0 Å². The average Bonchev–Trinajstić information content (AvgIpc) is 3.41. The number of aryl methyl sites for hydroxylation is 1. The molecule has 2 heterocycles. The Morgan fingerprint density at radius 3 is 2.62 bits per heavy atom. The van der Waals surface area contributed by atoms with Crippen molar-refractivity contribution in [1.29, 1.82) is 0 Å². The molecule has 1 aromatic carbocycles. The lowest BCUT2D eigenvalue weighted by molar-refractivity contribution is 0.279. The zero-order valence-electron chi connectivity index (χ0n) is 13.2. The Kier molecular flexibility index (Phi) is 3.56. The first-order valence-electron chi connectivity index (χ1n) is 7.75. The molecule has 0 atom stereocenters. The lowest BCUT2D eigenvalue weighted by Gasteiger charge is -2.13. The van der Waals surface area contributed by atoms with E-state index in [1.165, 1.54) is 14.9 Å². The van der Waals surface area contributed by atoms with Crippen LogP contribution in [0.3, 0.4) is 0 Å². The summed E-state index contributed by atoms with van der Waals surface area (Å²) in [5, 5.41) is 7.75. The molecule has 1 fully saturated rings. The number of ether oxygens (including phenoxy) is 1. The third kappa shape index (κ3) is 2.66. The van der Waals surface area contributed by atoms with Crippen molar-refractivity contribution in [3.8, 4) is 11.7 Å². The standard InChI is InChI=1S/C16H16N6O2/c1-21-16(23)22(20-19-21)14-5-2-4-12(11-6-7-11)13(14)10-24-15-17-8-3-9-18-15/h2-5,8-9,11H,6-7,10H2,1H3. The van der Waals surface area contributed by atoms with E-state index in [1.54, 1.807) is 25.5 Å². The van der Waals surface area contributed by atoms with Crippen LogP contribution in [0.1, 0.15) is 29.9 Å². The molecular weight excluding hydrogens is 308 g/mol. The van der Waals surface area contributed by atoms with E-state index in [9.17, 15) is 4.79 Å². The van der Waals surface area contributed by atoms with E-state index < -0.39 is 0 Å². The van der Waals surface area contributed by atoms with Crippen LogP contribution in [-0.4, -0.2) is 29.8 Å². The van der Waals surface area contributed by atoms with Crippen LogP contribution in [0.15, 0.2) is 41.5 Å². The van der Waals surface area contributed by atoms with Crippen LogP contribution >= 0.6 is 0 Å². The highest BCUT2D eigenvalue weighted by Gasteiger charge is 2.28. The van der Waals surface area contributed by atoms with Crippen molar-refractivity contribution in [2.24, 2.45) is 7.05 Å². The van der Waals surface area contributed by atoms with E-state index in [2.05, 4.69) is 26.5 Å². The minimum atomic E-state index is -0.292. The topological polar surface area (TPSA) is 87.7 Å².